The Morgan fingerprint density at radius 1 is 0.821 bits per heavy atom. The number of rotatable bonds is 8. The highest BCUT2D eigenvalue weighted by Crippen LogP contribution is 2.32. The number of nitrogens with one attached hydrogen (secondary N) is 1. The van der Waals surface area contributed by atoms with Crippen molar-refractivity contribution in [2.75, 3.05) is 45.7 Å². The first-order valence-corrected chi connectivity index (χ1v) is 15.6. The minimum Gasteiger partial charge on any atom is -0.495 e. The fraction of sp³-hybridized carbons (Fsp3) is 0.462. The van der Waals surface area contributed by atoms with E-state index in [-0.39, 0.29) is 52.9 Å². The third-order valence-electron chi connectivity index (χ3n) is 7.10. The van der Waals surface area contributed by atoms with E-state index in [4.69, 9.17) is 9.47 Å². The van der Waals surface area contributed by atoms with Gasteiger partial charge in [0, 0.05) is 37.8 Å². The van der Waals surface area contributed by atoms with Crippen molar-refractivity contribution in [3.8, 4) is 5.75 Å². The molecular formula is C26H33N3O8S2. The lowest BCUT2D eigenvalue weighted by molar-refractivity contribution is -0.120. The van der Waals surface area contributed by atoms with Crippen molar-refractivity contribution in [2.24, 2.45) is 5.92 Å². The van der Waals surface area contributed by atoms with Crippen molar-refractivity contribution in [2.45, 2.75) is 41.9 Å². The minimum absolute atomic E-state index is 0.00474. The van der Waals surface area contributed by atoms with Crippen LogP contribution in [0.2, 0.25) is 0 Å². The fourth-order valence-electron chi connectivity index (χ4n) is 4.91. The second-order valence-corrected chi connectivity index (χ2v) is 13.3. The molecule has 0 atom stereocenters. The summed E-state index contributed by atoms with van der Waals surface area (Å²) in [5.41, 5.74) is 0.271. The van der Waals surface area contributed by atoms with E-state index < -0.39 is 31.9 Å². The maximum atomic E-state index is 13.3. The van der Waals surface area contributed by atoms with Gasteiger partial charge >= 0.3 is 5.97 Å². The predicted octanol–water partition coefficient (Wildman–Crippen LogP) is 2.70. The van der Waals surface area contributed by atoms with E-state index >= 15 is 0 Å². The fourth-order valence-corrected chi connectivity index (χ4v) is 8.26. The van der Waals surface area contributed by atoms with Crippen LogP contribution in [0.5, 0.6) is 5.75 Å². The molecule has 212 valence electrons. The van der Waals surface area contributed by atoms with Gasteiger partial charge in [0.25, 0.3) is 0 Å². The number of amides is 1. The molecule has 2 aromatic carbocycles. The lowest BCUT2D eigenvalue weighted by Crippen LogP contribution is -2.41. The number of methoxy groups -OCH3 is 2. The van der Waals surface area contributed by atoms with Crippen LogP contribution in [0.4, 0.5) is 5.69 Å². The molecule has 2 saturated heterocycles. The third kappa shape index (κ3) is 6.11. The SMILES string of the molecule is COC(=O)c1ccccc1S(=O)(=O)N1CCC(C(=O)Nc2ccc(OC)c(S(=O)(=O)N3CCCCC3)c2)CC1. The van der Waals surface area contributed by atoms with Crippen LogP contribution in [0, 0.1) is 5.92 Å². The van der Waals surface area contributed by atoms with Gasteiger partial charge in [0.15, 0.2) is 0 Å². The van der Waals surface area contributed by atoms with E-state index in [1.165, 1.54) is 53.2 Å². The standard InChI is InChI=1S/C26H33N3O8S2/c1-36-22-11-10-20(18-24(22)39(34,35)28-14-6-3-7-15-28)27-25(30)19-12-16-29(17-13-19)38(32,33)23-9-5-4-8-21(23)26(31)37-2/h4-5,8-11,18-19H,3,6-7,12-17H2,1-2H3,(H,27,30). The lowest BCUT2D eigenvalue weighted by Gasteiger charge is -2.31. The number of hydrogen-bond acceptors (Lipinski definition) is 8. The quantitative estimate of drug-likeness (QED) is 0.471. The Kier molecular flexibility index (Phi) is 8.94. The van der Waals surface area contributed by atoms with Crippen molar-refractivity contribution in [3.63, 3.8) is 0 Å². The number of ether oxygens (including phenoxy) is 2. The van der Waals surface area contributed by atoms with Gasteiger partial charge in [-0.1, -0.05) is 18.6 Å². The van der Waals surface area contributed by atoms with Gasteiger partial charge in [0.2, 0.25) is 26.0 Å². The average Bonchev–Trinajstić information content (AvgIpc) is 2.97. The molecule has 2 aliphatic rings. The summed E-state index contributed by atoms with van der Waals surface area (Å²) >= 11 is 0. The zero-order valence-electron chi connectivity index (χ0n) is 22.0. The second kappa shape index (κ2) is 12.0. The summed E-state index contributed by atoms with van der Waals surface area (Å²) in [4.78, 5) is 25.0. The highest BCUT2D eigenvalue weighted by molar-refractivity contribution is 7.89. The maximum absolute atomic E-state index is 13.3. The van der Waals surface area contributed by atoms with Gasteiger partial charge in [-0.25, -0.2) is 21.6 Å². The van der Waals surface area contributed by atoms with Gasteiger partial charge in [-0.2, -0.15) is 8.61 Å². The zero-order valence-corrected chi connectivity index (χ0v) is 23.6. The summed E-state index contributed by atoms with van der Waals surface area (Å²) in [7, 11) is -5.20. The van der Waals surface area contributed by atoms with Gasteiger partial charge in [-0.05, 0) is 56.0 Å². The third-order valence-corrected chi connectivity index (χ3v) is 11.0. The van der Waals surface area contributed by atoms with Crippen LogP contribution >= 0.6 is 0 Å². The predicted molar refractivity (Wildman–Crippen MR) is 143 cm³/mol. The van der Waals surface area contributed by atoms with E-state index in [0.717, 1.165) is 19.3 Å². The largest absolute Gasteiger partial charge is 0.495 e. The number of benzene rings is 2. The van der Waals surface area contributed by atoms with Crippen molar-refractivity contribution in [3.05, 3.63) is 48.0 Å². The minimum atomic E-state index is -3.98. The molecule has 2 heterocycles. The Bertz CT molecular complexity index is 1430. The van der Waals surface area contributed by atoms with E-state index in [9.17, 15) is 26.4 Å². The van der Waals surface area contributed by atoms with Crippen molar-refractivity contribution in [1.29, 1.82) is 0 Å². The Balaban J connectivity index is 1.45. The second-order valence-electron chi connectivity index (χ2n) is 9.49. The van der Waals surface area contributed by atoms with Crippen LogP contribution in [-0.4, -0.2) is 77.7 Å². The van der Waals surface area contributed by atoms with Crippen LogP contribution < -0.4 is 10.1 Å². The number of piperidine rings is 2. The molecule has 2 aliphatic heterocycles. The van der Waals surface area contributed by atoms with E-state index in [1.807, 2.05) is 0 Å². The molecule has 4 rings (SSSR count). The summed E-state index contributed by atoms with van der Waals surface area (Å²) in [6.45, 7) is 1.06. The van der Waals surface area contributed by atoms with Gasteiger partial charge < -0.3 is 14.8 Å². The first kappa shape index (κ1) is 29.0. The Morgan fingerprint density at radius 2 is 1.44 bits per heavy atom. The summed E-state index contributed by atoms with van der Waals surface area (Å²) in [5.74, 6) is -1.35. The van der Waals surface area contributed by atoms with Crippen LogP contribution in [0.1, 0.15) is 42.5 Å². The molecule has 0 spiro atoms. The van der Waals surface area contributed by atoms with Crippen LogP contribution in [-0.2, 0) is 29.6 Å². The molecule has 0 radical (unpaired) electrons. The number of hydrogen-bond donors (Lipinski definition) is 1. The highest BCUT2D eigenvalue weighted by Gasteiger charge is 2.35. The van der Waals surface area contributed by atoms with Gasteiger partial charge in [0.05, 0.1) is 24.7 Å². The smallest absolute Gasteiger partial charge is 0.339 e. The summed E-state index contributed by atoms with van der Waals surface area (Å²) in [6.07, 6.45) is 3.10. The van der Waals surface area contributed by atoms with E-state index in [2.05, 4.69) is 5.32 Å². The summed E-state index contributed by atoms with van der Waals surface area (Å²) in [6, 6.07) is 10.4. The number of nitrogens with zero attached hydrogens (tertiary/aromatic N) is 2. The molecule has 0 bridgehead atoms. The number of anilines is 1. The number of esters is 1. The van der Waals surface area contributed by atoms with Crippen LogP contribution in [0.25, 0.3) is 0 Å². The molecule has 2 fully saturated rings. The first-order valence-electron chi connectivity index (χ1n) is 12.8. The van der Waals surface area contributed by atoms with Gasteiger partial charge in [-0.3, -0.25) is 4.79 Å². The Hall–Kier alpha value is -3.00. The number of carbonyl (C=O) groups excluding carboxylic acids is 2. The molecule has 0 aliphatic carbocycles. The van der Waals surface area contributed by atoms with Crippen molar-refractivity contribution >= 4 is 37.6 Å². The summed E-state index contributed by atoms with van der Waals surface area (Å²) in [5, 5.41) is 2.79. The molecule has 0 saturated carbocycles. The molecule has 0 unspecified atom stereocenters. The molecular weight excluding hydrogens is 546 g/mol. The van der Waals surface area contributed by atoms with Crippen LogP contribution in [0.3, 0.4) is 0 Å². The normalized spacial score (nSPS) is 17.9. The molecule has 1 amide bonds. The van der Waals surface area contributed by atoms with Gasteiger partial charge in [0.1, 0.15) is 10.6 Å². The molecule has 0 aromatic heterocycles. The molecule has 1 N–H and O–H groups in total. The average molecular weight is 580 g/mol. The molecule has 2 aromatic rings. The van der Waals surface area contributed by atoms with Crippen molar-refractivity contribution in [1.82, 2.24) is 8.61 Å². The highest BCUT2D eigenvalue weighted by atomic mass is 32.2. The van der Waals surface area contributed by atoms with E-state index in [0.29, 0.717) is 18.8 Å². The first-order chi connectivity index (χ1) is 18.6. The van der Waals surface area contributed by atoms with E-state index in [1.54, 1.807) is 12.1 Å². The molecule has 13 heteroatoms. The Morgan fingerprint density at radius 3 is 2.08 bits per heavy atom. The number of carbonyl (C=O) groups is 2. The summed E-state index contributed by atoms with van der Waals surface area (Å²) < 4.78 is 65.8. The number of sulfonamides is 2. The van der Waals surface area contributed by atoms with Gasteiger partial charge in [-0.15, -0.1) is 0 Å². The Labute approximate surface area is 229 Å². The monoisotopic (exact) mass is 579 g/mol. The van der Waals surface area contributed by atoms with Crippen molar-refractivity contribution < 1.29 is 35.9 Å². The van der Waals surface area contributed by atoms with Crippen LogP contribution in [0.15, 0.2) is 52.3 Å². The lowest BCUT2D eigenvalue weighted by atomic mass is 9.97. The molecule has 39 heavy (non-hydrogen) atoms. The zero-order chi connectivity index (χ0) is 28.2. The molecule has 11 nitrogen and oxygen atoms in total. The topological polar surface area (TPSA) is 139 Å². The maximum Gasteiger partial charge on any atom is 0.339 e.